The Hall–Kier alpha value is -0.810. The van der Waals surface area contributed by atoms with Crippen molar-refractivity contribution in [3.8, 4) is 0 Å². The summed E-state index contributed by atoms with van der Waals surface area (Å²) in [7, 11) is 0. The van der Waals surface area contributed by atoms with E-state index in [4.69, 9.17) is 4.79 Å². The maximum absolute atomic E-state index is 9.10. The van der Waals surface area contributed by atoms with Gasteiger partial charge < -0.3 is 0 Å². The first kappa shape index (κ1) is 4.19. The molecule has 0 saturated carbocycles. The molecule has 0 saturated heterocycles. The predicted octanol–water partition coefficient (Wildman–Crippen LogP) is 0.363. The molecule has 0 aromatic carbocycles. The first-order chi connectivity index (χ1) is 2.41. The highest BCUT2D eigenvalue weighted by Crippen LogP contribution is 1.48. The molecule has 25 valence electrons. The number of hydrogen-bond acceptors (Lipinski definition) is 1. The number of carbonyl (C=O) groups excluding carboxylic acids is 1. The molecule has 0 fully saturated rings. The molecule has 0 spiro atoms. The number of rotatable bonds is 1. The second-order valence-corrected chi connectivity index (χ2v) is 0.451. The lowest BCUT2D eigenvalue weighted by atomic mass is 10.7. The van der Waals surface area contributed by atoms with Crippen LogP contribution < -0.4 is 0 Å². The predicted molar refractivity (Wildman–Crippen MR) is 19.1 cm³/mol. The van der Waals surface area contributed by atoms with Gasteiger partial charge in [0.25, 0.3) is 0 Å². The van der Waals surface area contributed by atoms with Crippen molar-refractivity contribution in [1.82, 2.24) is 0 Å². The fourth-order valence-corrected chi connectivity index (χ4v) is 0.0417. The van der Waals surface area contributed by atoms with Crippen LogP contribution in [0.2, 0.25) is 0 Å². The second-order valence-electron chi connectivity index (χ2n) is 0.451. The first-order valence-corrected chi connectivity index (χ1v) is 1.15. The zero-order valence-corrected chi connectivity index (χ0v) is 2.69. The van der Waals surface area contributed by atoms with E-state index in [0.29, 0.717) is 0 Å². The lowest BCUT2D eigenvalue weighted by Gasteiger charge is -1.40. The molecule has 0 bridgehead atoms. The highest BCUT2D eigenvalue weighted by molar-refractivity contribution is 5.43. The standard InChI is InChI=1S/C4H3O/c1-2-3-4-5/h2H,1H2/i4+2. The Kier molecular flexibility index (Phi) is 2.67. The minimum atomic E-state index is 1.26. The zero-order chi connectivity index (χ0) is 4.12. The van der Waals surface area contributed by atoms with Gasteiger partial charge in [0.2, 0.25) is 0 Å². The van der Waals surface area contributed by atoms with Crippen molar-refractivity contribution in [2.45, 2.75) is 0 Å². The number of allylic oxidation sites excluding steroid dienone is 2. The van der Waals surface area contributed by atoms with Crippen molar-refractivity contribution >= 4 is 5.94 Å². The van der Waals surface area contributed by atoms with E-state index in [1.165, 1.54) is 12.0 Å². The molecule has 0 heterocycles. The highest BCUT2D eigenvalue weighted by atomic mass is 16.2. The normalized spacial score (nSPS) is 4.80. The van der Waals surface area contributed by atoms with Crippen molar-refractivity contribution in [3.05, 3.63) is 18.7 Å². The fourth-order valence-electron chi connectivity index (χ4n) is 0.0417. The lowest BCUT2D eigenvalue weighted by molar-refractivity contribution is 0.568. The second kappa shape index (κ2) is 3.19. The van der Waals surface area contributed by atoms with Gasteiger partial charge in [0.05, 0.1) is 6.08 Å². The molecule has 0 N–H and O–H groups in total. The fraction of sp³-hybridized carbons (Fsp3) is 0. The third-order valence-electron chi connectivity index (χ3n) is 0.161. The molecule has 0 aromatic rings. The minimum absolute atomic E-state index is 1.26. The van der Waals surface area contributed by atoms with Crippen LogP contribution >= 0.6 is 0 Å². The molecule has 0 aliphatic heterocycles. The van der Waals surface area contributed by atoms with Gasteiger partial charge in [-0.25, -0.2) is 4.79 Å². The highest BCUT2D eigenvalue weighted by Gasteiger charge is 1.44. The quantitative estimate of drug-likeness (QED) is 0.321. The topological polar surface area (TPSA) is 17.1 Å². The first-order valence-electron chi connectivity index (χ1n) is 1.15. The van der Waals surface area contributed by atoms with E-state index >= 15 is 0 Å². The van der Waals surface area contributed by atoms with Crippen molar-refractivity contribution in [1.29, 1.82) is 0 Å². The van der Waals surface area contributed by atoms with E-state index in [1.807, 2.05) is 0 Å². The van der Waals surface area contributed by atoms with E-state index in [1.54, 1.807) is 0 Å². The Morgan fingerprint density at radius 3 is 2.60 bits per heavy atom. The van der Waals surface area contributed by atoms with Crippen LogP contribution in [-0.2, 0) is 4.79 Å². The molecule has 0 aromatic heterocycles. The van der Waals surface area contributed by atoms with Crippen LogP contribution in [0.3, 0.4) is 0 Å². The van der Waals surface area contributed by atoms with Crippen LogP contribution in [-0.4, -0.2) is 5.94 Å². The van der Waals surface area contributed by atoms with Crippen LogP contribution in [0.4, 0.5) is 0 Å². The molecule has 5 heavy (non-hydrogen) atoms. The molecular weight excluding hydrogens is 66.0 g/mol. The third-order valence-corrected chi connectivity index (χ3v) is 0.161. The average molecular weight is 69.1 g/mol. The Balaban J connectivity index is 3.31. The maximum atomic E-state index is 9.10. The van der Waals surface area contributed by atoms with Gasteiger partial charge in [-0.05, 0) is 6.08 Å². The van der Waals surface area contributed by atoms with Gasteiger partial charge in [-0.2, -0.15) is 0 Å². The summed E-state index contributed by atoms with van der Waals surface area (Å²) in [5, 5.41) is 0. The summed E-state index contributed by atoms with van der Waals surface area (Å²) in [6, 6.07) is 0. The van der Waals surface area contributed by atoms with E-state index in [9.17, 15) is 0 Å². The largest absolute Gasteiger partial charge is 0.233 e. The molecule has 0 aliphatic carbocycles. The lowest BCUT2D eigenvalue weighted by Crippen LogP contribution is -1.40. The van der Waals surface area contributed by atoms with Gasteiger partial charge in [-0.3, -0.25) is 0 Å². The summed E-state index contributed by atoms with van der Waals surface area (Å²) >= 11 is 0. The summed E-state index contributed by atoms with van der Waals surface area (Å²) in [5.41, 5.74) is 0. The molecule has 1 nitrogen and oxygen atoms in total. The van der Waals surface area contributed by atoms with Crippen molar-refractivity contribution < 1.29 is 4.79 Å². The van der Waals surface area contributed by atoms with Crippen molar-refractivity contribution in [2.24, 2.45) is 0 Å². The minimum Gasteiger partial charge on any atom is -0.233 e. The summed E-state index contributed by atoms with van der Waals surface area (Å²) in [6.45, 7) is 3.18. The van der Waals surface area contributed by atoms with Gasteiger partial charge in [0.1, 0.15) is 5.94 Å². The smallest absolute Gasteiger partial charge is 0.133 e. The van der Waals surface area contributed by atoms with Crippen molar-refractivity contribution in [3.63, 3.8) is 0 Å². The molecule has 0 unspecified atom stereocenters. The molecule has 0 rings (SSSR count). The third kappa shape index (κ3) is 3.19. The van der Waals surface area contributed by atoms with Gasteiger partial charge in [0.15, 0.2) is 0 Å². The molecule has 0 aliphatic rings. The van der Waals surface area contributed by atoms with Crippen LogP contribution in [0.25, 0.3) is 0 Å². The Morgan fingerprint density at radius 1 is 2.00 bits per heavy atom. The average Bonchev–Trinajstić information content (AvgIpc) is 1.41. The van der Waals surface area contributed by atoms with E-state index < -0.39 is 0 Å². The van der Waals surface area contributed by atoms with E-state index in [0.717, 1.165) is 0 Å². The van der Waals surface area contributed by atoms with Crippen molar-refractivity contribution in [2.75, 3.05) is 0 Å². The molecule has 0 atom stereocenters. The summed E-state index contributed by atoms with van der Waals surface area (Å²) in [4.78, 5) is 9.10. The Morgan fingerprint density at radius 2 is 2.60 bits per heavy atom. The van der Waals surface area contributed by atoms with E-state index in [2.05, 4.69) is 12.7 Å². The maximum Gasteiger partial charge on any atom is 0.133 e. The van der Waals surface area contributed by atoms with Crippen LogP contribution in [0.1, 0.15) is 0 Å². The summed E-state index contributed by atoms with van der Waals surface area (Å²) in [5.74, 6) is 1.40. The van der Waals surface area contributed by atoms with Crippen LogP contribution in [0.15, 0.2) is 12.7 Å². The summed E-state index contributed by atoms with van der Waals surface area (Å²) < 4.78 is 0. The monoisotopic (exact) mass is 69.0 g/mol. The van der Waals surface area contributed by atoms with Gasteiger partial charge in [0, 0.05) is 0 Å². The molecule has 1 heteroatoms. The molecule has 0 amide bonds. The molecular formula is C4H3O. The SMILES string of the molecule is C=C[C]=[14C]=O. The van der Waals surface area contributed by atoms with Gasteiger partial charge in [-0.15, -0.1) is 0 Å². The van der Waals surface area contributed by atoms with Gasteiger partial charge >= 0.3 is 0 Å². The van der Waals surface area contributed by atoms with Crippen LogP contribution in [0, 0.1) is 6.08 Å². The van der Waals surface area contributed by atoms with E-state index in [-0.39, 0.29) is 0 Å². The van der Waals surface area contributed by atoms with Crippen LogP contribution in [0.5, 0.6) is 0 Å². The summed E-state index contributed by atoms with van der Waals surface area (Å²) in [6.07, 6.45) is 3.33. The van der Waals surface area contributed by atoms with Gasteiger partial charge in [-0.1, -0.05) is 6.58 Å². The number of hydrogen-bond donors (Lipinski definition) is 0. The zero-order valence-electron chi connectivity index (χ0n) is 2.69. The molecule has 1 radical (unpaired) electrons. The Labute approximate surface area is 30.6 Å². The Bertz CT molecular complexity index is 67.7.